The summed E-state index contributed by atoms with van der Waals surface area (Å²) in [5.41, 5.74) is 3.28. The molecule has 1 N–H and O–H groups in total. The van der Waals surface area contributed by atoms with Crippen LogP contribution in [0.15, 0.2) is 48.9 Å². The average Bonchev–Trinajstić information content (AvgIpc) is 3.29. The van der Waals surface area contributed by atoms with E-state index in [1.54, 1.807) is 22.7 Å². The molecule has 0 saturated heterocycles. The van der Waals surface area contributed by atoms with Crippen molar-refractivity contribution in [2.45, 2.75) is 59.7 Å². The summed E-state index contributed by atoms with van der Waals surface area (Å²) in [4.78, 5) is 31.4. The molecule has 1 aliphatic heterocycles. The lowest BCUT2D eigenvalue weighted by atomic mass is 9.89. The van der Waals surface area contributed by atoms with Crippen LogP contribution in [0.2, 0.25) is 0 Å². The maximum atomic E-state index is 13.8. The SMILES string of the molecule is CC(=O)N1c2ccc(-c3cnn(CCN(CC(C)(C)C)C(=O)[O-])c3)cc2[C@H](Nc2cc(F)ccn2)C[C@@H]1C. The zero-order valence-electron chi connectivity index (χ0n) is 22.4. The van der Waals surface area contributed by atoms with Crippen LogP contribution in [0.5, 0.6) is 0 Å². The highest BCUT2D eigenvalue weighted by atomic mass is 19.1. The molecule has 2 amide bonds. The van der Waals surface area contributed by atoms with Gasteiger partial charge < -0.3 is 25.0 Å². The van der Waals surface area contributed by atoms with Gasteiger partial charge in [0.2, 0.25) is 5.91 Å². The molecule has 9 nitrogen and oxygen atoms in total. The molecule has 3 aromatic rings. The fourth-order valence-corrected chi connectivity index (χ4v) is 4.99. The van der Waals surface area contributed by atoms with Crippen LogP contribution in [-0.2, 0) is 11.3 Å². The second-order valence-electron chi connectivity index (χ2n) is 11.0. The lowest BCUT2D eigenvalue weighted by molar-refractivity contribution is -0.266. The Balaban J connectivity index is 1.60. The van der Waals surface area contributed by atoms with Gasteiger partial charge in [-0.2, -0.15) is 5.10 Å². The number of fused-ring (bicyclic) bond motifs is 1. The van der Waals surface area contributed by atoms with Crippen molar-refractivity contribution in [2.24, 2.45) is 5.41 Å². The molecule has 1 aliphatic rings. The molecule has 0 fully saturated rings. The molecule has 202 valence electrons. The zero-order chi connectivity index (χ0) is 27.6. The van der Waals surface area contributed by atoms with Gasteiger partial charge in [0, 0.05) is 55.8 Å². The molecular formula is C28H34FN6O3-. The van der Waals surface area contributed by atoms with E-state index < -0.39 is 6.09 Å². The molecule has 0 unspecified atom stereocenters. The van der Waals surface area contributed by atoms with Crippen molar-refractivity contribution in [2.75, 3.05) is 23.3 Å². The quantitative estimate of drug-likeness (QED) is 0.502. The summed E-state index contributed by atoms with van der Waals surface area (Å²) < 4.78 is 15.5. The number of rotatable bonds is 7. The van der Waals surface area contributed by atoms with E-state index in [-0.39, 0.29) is 35.8 Å². The molecule has 10 heteroatoms. The van der Waals surface area contributed by atoms with Crippen LogP contribution >= 0.6 is 0 Å². The summed E-state index contributed by atoms with van der Waals surface area (Å²) in [7, 11) is 0. The number of hydrogen-bond acceptors (Lipinski definition) is 6. The van der Waals surface area contributed by atoms with E-state index in [9.17, 15) is 19.1 Å². The highest BCUT2D eigenvalue weighted by Gasteiger charge is 2.33. The van der Waals surface area contributed by atoms with E-state index in [4.69, 9.17) is 0 Å². The number of nitrogens with zero attached hydrogens (tertiary/aromatic N) is 5. The Bertz CT molecular complexity index is 1320. The number of amides is 2. The van der Waals surface area contributed by atoms with Crippen molar-refractivity contribution in [3.05, 3.63) is 60.3 Å². The van der Waals surface area contributed by atoms with Crippen molar-refractivity contribution < 1.29 is 19.1 Å². The van der Waals surface area contributed by atoms with E-state index in [1.807, 2.05) is 52.1 Å². The number of benzene rings is 1. The number of pyridine rings is 1. The van der Waals surface area contributed by atoms with Crippen LogP contribution in [0.1, 0.15) is 52.6 Å². The van der Waals surface area contributed by atoms with Crippen LogP contribution in [0.4, 0.5) is 20.7 Å². The number of carbonyl (C=O) groups is 2. The van der Waals surface area contributed by atoms with Gasteiger partial charge in [-0.3, -0.25) is 9.48 Å². The summed E-state index contributed by atoms with van der Waals surface area (Å²) in [5, 5.41) is 19.3. The van der Waals surface area contributed by atoms with Crippen molar-refractivity contribution >= 4 is 23.5 Å². The molecule has 3 heterocycles. The Kier molecular flexibility index (Phi) is 7.71. The largest absolute Gasteiger partial charge is 0.530 e. The lowest BCUT2D eigenvalue weighted by Gasteiger charge is -2.39. The van der Waals surface area contributed by atoms with Crippen molar-refractivity contribution in [3.63, 3.8) is 0 Å². The Morgan fingerprint density at radius 2 is 1.97 bits per heavy atom. The topological polar surface area (TPSA) is 106 Å². The minimum absolute atomic E-state index is 0.0469. The smallest absolute Gasteiger partial charge is 0.224 e. The Morgan fingerprint density at radius 3 is 2.63 bits per heavy atom. The summed E-state index contributed by atoms with van der Waals surface area (Å²) in [6.07, 6.45) is 4.45. The lowest BCUT2D eigenvalue weighted by Crippen LogP contribution is -2.46. The fourth-order valence-electron chi connectivity index (χ4n) is 4.99. The monoisotopic (exact) mass is 521 g/mol. The van der Waals surface area contributed by atoms with Crippen LogP contribution in [0.25, 0.3) is 11.1 Å². The van der Waals surface area contributed by atoms with Crippen LogP contribution in [0, 0.1) is 11.2 Å². The van der Waals surface area contributed by atoms with Gasteiger partial charge in [0.15, 0.2) is 0 Å². The standard InChI is InChI=1S/C28H35FN6O3/c1-18-12-24(32-26-14-22(29)8-9-30-26)23-13-20(6-7-25(23)35(18)19(2)36)21-15-31-34(16-21)11-10-33(27(37)38)17-28(3,4)5/h6-9,13-16,18,24H,10-12,17H2,1-5H3,(H,30,32)(H,37,38)/p-1/t18-,24+/m0/s1. The Morgan fingerprint density at radius 1 is 1.21 bits per heavy atom. The third-order valence-corrected chi connectivity index (χ3v) is 6.55. The number of aromatic nitrogens is 3. The van der Waals surface area contributed by atoms with Gasteiger partial charge in [0.05, 0.1) is 18.8 Å². The van der Waals surface area contributed by atoms with Crippen LogP contribution in [-0.4, -0.2) is 50.8 Å². The van der Waals surface area contributed by atoms with Gasteiger partial charge in [-0.25, -0.2) is 9.37 Å². The highest BCUT2D eigenvalue weighted by Crippen LogP contribution is 2.41. The average molecular weight is 522 g/mol. The van der Waals surface area contributed by atoms with Crippen LogP contribution < -0.4 is 15.3 Å². The number of anilines is 2. The number of nitrogens with one attached hydrogen (secondary N) is 1. The molecule has 1 aromatic carbocycles. The fraction of sp³-hybridized carbons (Fsp3) is 0.429. The van der Waals surface area contributed by atoms with Crippen LogP contribution in [0.3, 0.4) is 0 Å². The minimum atomic E-state index is -1.20. The predicted molar refractivity (Wildman–Crippen MR) is 142 cm³/mol. The molecule has 0 bridgehead atoms. The summed E-state index contributed by atoms with van der Waals surface area (Å²) in [5.74, 6) is 0.00242. The first kappa shape index (κ1) is 27.1. The van der Waals surface area contributed by atoms with Crippen molar-refractivity contribution in [3.8, 4) is 11.1 Å². The number of carbonyl (C=O) groups excluding carboxylic acids is 2. The molecule has 38 heavy (non-hydrogen) atoms. The summed E-state index contributed by atoms with van der Waals surface area (Å²) >= 11 is 0. The van der Waals surface area contributed by atoms with E-state index in [0.29, 0.717) is 25.3 Å². The third-order valence-electron chi connectivity index (χ3n) is 6.55. The van der Waals surface area contributed by atoms with Gasteiger partial charge >= 0.3 is 0 Å². The van der Waals surface area contributed by atoms with Crippen molar-refractivity contribution in [1.29, 1.82) is 0 Å². The van der Waals surface area contributed by atoms with Gasteiger partial charge in [-0.05, 0) is 48.1 Å². The maximum absolute atomic E-state index is 13.8. The molecule has 2 atom stereocenters. The summed E-state index contributed by atoms with van der Waals surface area (Å²) in [6, 6.07) is 8.29. The second-order valence-corrected chi connectivity index (χ2v) is 11.0. The zero-order valence-corrected chi connectivity index (χ0v) is 22.4. The Hall–Kier alpha value is -3.95. The number of carboxylic acid groups (broad SMARTS) is 1. The van der Waals surface area contributed by atoms with E-state index >= 15 is 0 Å². The van der Waals surface area contributed by atoms with Crippen molar-refractivity contribution in [1.82, 2.24) is 19.7 Å². The van der Waals surface area contributed by atoms with E-state index in [1.165, 1.54) is 23.2 Å². The third kappa shape index (κ3) is 6.30. The minimum Gasteiger partial charge on any atom is -0.530 e. The van der Waals surface area contributed by atoms with Gasteiger partial charge in [-0.15, -0.1) is 0 Å². The molecule has 0 spiro atoms. The van der Waals surface area contributed by atoms with Gasteiger partial charge in [0.25, 0.3) is 0 Å². The molecule has 2 aromatic heterocycles. The normalized spacial score (nSPS) is 17.2. The molecule has 0 radical (unpaired) electrons. The maximum Gasteiger partial charge on any atom is 0.224 e. The van der Waals surface area contributed by atoms with Gasteiger partial charge in [-0.1, -0.05) is 26.8 Å². The van der Waals surface area contributed by atoms with Gasteiger partial charge in [0.1, 0.15) is 17.7 Å². The van der Waals surface area contributed by atoms with E-state index in [0.717, 1.165) is 22.4 Å². The first-order valence-corrected chi connectivity index (χ1v) is 12.7. The first-order valence-electron chi connectivity index (χ1n) is 12.7. The highest BCUT2D eigenvalue weighted by molar-refractivity contribution is 5.94. The molecule has 0 saturated carbocycles. The molecular weight excluding hydrogens is 487 g/mol. The number of halogens is 1. The molecule has 0 aliphatic carbocycles. The second kappa shape index (κ2) is 10.8. The Labute approximate surface area is 222 Å². The first-order chi connectivity index (χ1) is 17.9. The molecule has 4 rings (SSSR count). The number of hydrogen-bond donors (Lipinski definition) is 1. The van der Waals surface area contributed by atoms with E-state index in [2.05, 4.69) is 15.4 Å². The predicted octanol–water partition coefficient (Wildman–Crippen LogP) is 4.07. The summed E-state index contributed by atoms with van der Waals surface area (Å²) in [6.45, 7) is 10.5.